The molecule has 0 fully saturated rings. The Morgan fingerprint density at radius 3 is 1.32 bits per heavy atom. The number of halogens is 12. The van der Waals surface area contributed by atoms with E-state index in [2.05, 4.69) is 0 Å². The normalized spacial score (nSPS) is 24.0. The predicted molar refractivity (Wildman–Crippen MR) is 44.0 cm³/mol. The lowest BCUT2D eigenvalue weighted by atomic mass is 9.66. The molecule has 124 valence electrons. The zero-order chi connectivity index (χ0) is 17.5. The van der Waals surface area contributed by atoms with Crippen molar-refractivity contribution in [3.05, 3.63) is 34.4 Å². The molecule has 1 aliphatic rings. The summed E-state index contributed by atoms with van der Waals surface area (Å²) in [5.41, 5.74) is -11.8. The molecular weight excluding hydrogens is 348 g/mol. The third-order valence-corrected chi connectivity index (χ3v) is 3.15. The van der Waals surface area contributed by atoms with Gasteiger partial charge in [-0.25, -0.2) is 22.0 Å². The predicted octanol–water partition coefficient (Wildman–Crippen LogP) is 4.71. The van der Waals surface area contributed by atoms with Crippen LogP contribution in [0.4, 0.5) is 52.7 Å². The molecule has 0 amide bonds. The number of fused-ring (bicyclic) bond motifs is 1. The van der Waals surface area contributed by atoms with E-state index in [4.69, 9.17) is 0 Å². The fraction of sp³-hybridized carbons (Fsp3) is 0.400. The minimum Gasteiger partial charge on any atom is -0.224 e. The van der Waals surface area contributed by atoms with Crippen molar-refractivity contribution in [2.45, 2.75) is 23.7 Å². The van der Waals surface area contributed by atoms with Gasteiger partial charge in [0, 0.05) is 0 Å². The van der Waals surface area contributed by atoms with E-state index in [1.807, 2.05) is 0 Å². The quantitative estimate of drug-likeness (QED) is 0.392. The van der Waals surface area contributed by atoms with Crippen LogP contribution in [0.1, 0.15) is 11.1 Å². The fourth-order valence-corrected chi connectivity index (χ4v) is 2.07. The summed E-state index contributed by atoms with van der Waals surface area (Å²) >= 11 is 0. The lowest BCUT2D eigenvalue weighted by Crippen LogP contribution is -2.66. The molecule has 1 atom stereocenters. The molecule has 12 heteroatoms. The van der Waals surface area contributed by atoms with Gasteiger partial charge in [0.1, 0.15) is 0 Å². The molecule has 0 bridgehead atoms. The Hall–Kier alpha value is -1.62. The third kappa shape index (κ3) is 1.47. The van der Waals surface area contributed by atoms with Crippen molar-refractivity contribution in [2.24, 2.45) is 0 Å². The molecule has 0 aliphatic heterocycles. The fourth-order valence-electron chi connectivity index (χ4n) is 2.07. The third-order valence-electron chi connectivity index (χ3n) is 3.15. The Morgan fingerprint density at radius 2 is 0.955 bits per heavy atom. The number of hydrogen-bond donors (Lipinski definition) is 0. The second-order valence-corrected chi connectivity index (χ2v) is 4.31. The maximum Gasteiger partial charge on any atom is 0.457 e. The summed E-state index contributed by atoms with van der Waals surface area (Å²) in [7, 11) is 0. The van der Waals surface area contributed by atoms with E-state index in [0.29, 0.717) is 0 Å². The highest BCUT2D eigenvalue weighted by molar-refractivity contribution is 5.53. The summed E-state index contributed by atoms with van der Waals surface area (Å²) in [4.78, 5) is 0. The monoisotopic (exact) mass is 348 g/mol. The molecular formula is C10F12. The summed E-state index contributed by atoms with van der Waals surface area (Å²) in [5, 5.41) is 0. The van der Waals surface area contributed by atoms with Gasteiger partial charge in [0.05, 0.1) is 11.1 Å². The van der Waals surface area contributed by atoms with Gasteiger partial charge in [-0.05, 0) is 0 Å². The van der Waals surface area contributed by atoms with Crippen molar-refractivity contribution in [2.75, 3.05) is 0 Å². The first-order valence-electron chi connectivity index (χ1n) is 5.02. The zero-order valence-corrected chi connectivity index (χ0v) is 9.54. The van der Waals surface area contributed by atoms with Crippen molar-refractivity contribution in [3.8, 4) is 0 Å². The van der Waals surface area contributed by atoms with Crippen LogP contribution in [0, 0.1) is 23.3 Å². The van der Waals surface area contributed by atoms with Crippen LogP contribution in [0.3, 0.4) is 0 Å². The lowest BCUT2D eigenvalue weighted by molar-refractivity contribution is -0.383. The maximum absolute atomic E-state index is 13.8. The molecule has 2 rings (SSSR count). The summed E-state index contributed by atoms with van der Waals surface area (Å²) in [6.45, 7) is 0. The lowest BCUT2D eigenvalue weighted by Gasteiger charge is -2.48. The van der Waals surface area contributed by atoms with Crippen molar-refractivity contribution < 1.29 is 52.7 Å². The Bertz CT molecular complexity index is 657. The van der Waals surface area contributed by atoms with Gasteiger partial charge in [0.2, 0.25) is 0 Å². The first kappa shape index (κ1) is 16.7. The Morgan fingerprint density at radius 1 is 0.591 bits per heavy atom. The average Bonchev–Trinajstić information content (AvgIpc) is 2.37. The minimum atomic E-state index is -6.93. The molecule has 1 aliphatic carbocycles. The molecule has 0 nitrogen and oxygen atoms in total. The number of alkyl halides is 8. The highest BCUT2D eigenvalue weighted by Crippen LogP contribution is 2.69. The van der Waals surface area contributed by atoms with Crippen LogP contribution in [0.15, 0.2) is 0 Å². The van der Waals surface area contributed by atoms with E-state index in [9.17, 15) is 52.7 Å². The topological polar surface area (TPSA) is 0 Å². The molecule has 0 saturated heterocycles. The van der Waals surface area contributed by atoms with Crippen molar-refractivity contribution in [1.82, 2.24) is 0 Å². The van der Waals surface area contributed by atoms with Crippen LogP contribution in [-0.2, 0) is 11.6 Å². The van der Waals surface area contributed by atoms with Crippen LogP contribution in [0.25, 0.3) is 0 Å². The van der Waals surface area contributed by atoms with E-state index in [-0.39, 0.29) is 0 Å². The van der Waals surface area contributed by atoms with E-state index < -0.39 is 58.1 Å². The Labute approximate surface area is 112 Å². The van der Waals surface area contributed by atoms with Gasteiger partial charge < -0.3 is 0 Å². The van der Waals surface area contributed by atoms with E-state index in [1.165, 1.54) is 0 Å². The molecule has 0 N–H and O–H groups in total. The molecule has 1 aromatic carbocycles. The van der Waals surface area contributed by atoms with Gasteiger partial charge in [-0.1, -0.05) is 0 Å². The van der Waals surface area contributed by atoms with Crippen LogP contribution in [0.2, 0.25) is 0 Å². The molecule has 0 spiro atoms. The molecule has 0 heterocycles. The average molecular weight is 348 g/mol. The van der Waals surface area contributed by atoms with Crippen LogP contribution < -0.4 is 0 Å². The first-order valence-corrected chi connectivity index (χ1v) is 5.02. The number of benzene rings is 1. The molecule has 0 aromatic heterocycles. The highest BCUT2D eigenvalue weighted by atomic mass is 19.4. The number of hydrogen-bond acceptors (Lipinski definition) is 0. The first-order chi connectivity index (χ1) is 9.64. The summed E-state index contributed by atoms with van der Waals surface area (Å²) in [6.07, 6.45) is -6.93. The van der Waals surface area contributed by atoms with E-state index >= 15 is 0 Å². The van der Waals surface area contributed by atoms with Gasteiger partial charge >= 0.3 is 18.0 Å². The van der Waals surface area contributed by atoms with E-state index in [0.717, 1.165) is 0 Å². The SMILES string of the molecule is Fc1c(F)c(F)c2c(c1F)C(F)(F)C2(F)C(F)(F)C(F)(F)F. The van der Waals surface area contributed by atoms with Crippen LogP contribution >= 0.6 is 0 Å². The molecule has 0 radical (unpaired) electrons. The van der Waals surface area contributed by atoms with E-state index in [1.54, 1.807) is 0 Å². The molecule has 22 heavy (non-hydrogen) atoms. The minimum absolute atomic E-state index is 2.73. The largest absolute Gasteiger partial charge is 0.457 e. The second kappa shape index (κ2) is 4.02. The Kier molecular flexibility index (Phi) is 3.06. The standard InChI is InChI=1S/C10F12/c11-3-1-2(4(12)6(14)5(3)13)8(16,17)7(1,15)9(18,19)10(20,21)22. The summed E-state index contributed by atoms with van der Waals surface area (Å²) < 4.78 is 154. The molecule has 1 unspecified atom stereocenters. The number of rotatable bonds is 1. The highest BCUT2D eigenvalue weighted by Gasteiger charge is 2.88. The smallest absolute Gasteiger partial charge is 0.224 e. The molecule has 1 aromatic rings. The molecule has 0 saturated carbocycles. The van der Waals surface area contributed by atoms with Crippen molar-refractivity contribution in [3.63, 3.8) is 0 Å². The second-order valence-electron chi connectivity index (χ2n) is 4.31. The van der Waals surface area contributed by atoms with Gasteiger partial charge in [0.25, 0.3) is 5.67 Å². The van der Waals surface area contributed by atoms with Gasteiger partial charge in [-0.2, -0.15) is 30.7 Å². The van der Waals surface area contributed by atoms with Gasteiger partial charge in [-0.3, -0.25) is 0 Å². The van der Waals surface area contributed by atoms with Gasteiger partial charge in [0.15, 0.2) is 23.3 Å². The van der Waals surface area contributed by atoms with Gasteiger partial charge in [-0.15, -0.1) is 0 Å². The van der Waals surface area contributed by atoms with Crippen molar-refractivity contribution >= 4 is 0 Å². The maximum atomic E-state index is 13.8. The van der Waals surface area contributed by atoms with Crippen molar-refractivity contribution in [1.29, 1.82) is 0 Å². The Balaban J connectivity index is 2.90. The zero-order valence-electron chi connectivity index (χ0n) is 9.54. The summed E-state index contributed by atoms with van der Waals surface area (Å²) in [5.74, 6) is -24.8. The van der Waals surface area contributed by atoms with Crippen LogP contribution in [0.5, 0.6) is 0 Å². The van der Waals surface area contributed by atoms with Crippen LogP contribution in [-0.4, -0.2) is 12.1 Å². The summed E-state index contributed by atoms with van der Waals surface area (Å²) in [6, 6.07) is 0.